The zero-order chi connectivity index (χ0) is 23.6. The van der Waals surface area contributed by atoms with Crippen LogP contribution < -0.4 is 19.3 Å². The van der Waals surface area contributed by atoms with Gasteiger partial charge in [-0.15, -0.1) is 0 Å². The molecule has 0 aliphatic carbocycles. The number of nitrogens with two attached hydrogens (primary N) is 1. The van der Waals surface area contributed by atoms with Crippen molar-refractivity contribution in [3.05, 3.63) is 45.8 Å². The molecule has 0 saturated carbocycles. The first-order valence-corrected chi connectivity index (χ1v) is 9.96. The number of carbonyl (C=O) groups is 1. The number of amides is 1. The van der Waals surface area contributed by atoms with Gasteiger partial charge in [0.1, 0.15) is 22.3 Å². The third kappa shape index (κ3) is 6.78. The molecule has 2 rings (SSSR count). The van der Waals surface area contributed by atoms with Gasteiger partial charge in [0.25, 0.3) is 16.1 Å². The van der Waals surface area contributed by atoms with E-state index in [1.54, 1.807) is 0 Å². The molecule has 170 valence electrons. The van der Waals surface area contributed by atoms with E-state index in [1.807, 2.05) is 0 Å². The van der Waals surface area contributed by atoms with Crippen molar-refractivity contribution >= 4 is 39.3 Å². The Morgan fingerprint density at radius 1 is 1.23 bits per heavy atom. The van der Waals surface area contributed by atoms with Crippen LogP contribution in [0.25, 0.3) is 0 Å². The van der Waals surface area contributed by atoms with Gasteiger partial charge >= 0.3 is 12.3 Å². The Hall–Kier alpha value is -2.42. The number of hydrogen-bond acceptors (Lipinski definition) is 6. The SMILES string of the molecule is NS(=O)(=O)NC(=O)c1cc(Cl)c(Oc2cnc(OCC(F)(F)C(F)F)c(Cl)c2)cc1F. The van der Waals surface area contributed by atoms with Gasteiger partial charge in [0.2, 0.25) is 5.88 Å². The maximum atomic E-state index is 14.2. The quantitative estimate of drug-likeness (QED) is 0.525. The van der Waals surface area contributed by atoms with Gasteiger partial charge in [-0.2, -0.15) is 17.2 Å². The zero-order valence-corrected chi connectivity index (χ0v) is 17.0. The Morgan fingerprint density at radius 2 is 1.87 bits per heavy atom. The van der Waals surface area contributed by atoms with Crippen LogP contribution in [-0.4, -0.2) is 38.3 Å². The van der Waals surface area contributed by atoms with Gasteiger partial charge in [-0.25, -0.2) is 28.0 Å². The maximum absolute atomic E-state index is 14.2. The number of aromatic nitrogens is 1. The highest BCUT2D eigenvalue weighted by Crippen LogP contribution is 2.34. The summed E-state index contributed by atoms with van der Waals surface area (Å²) < 4.78 is 97.0. The lowest BCUT2D eigenvalue weighted by atomic mass is 10.2. The molecule has 8 nitrogen and oxygen atoms in total. The Labute approximate surface area is 181 Å². The van der Waals surface area contributed by atoms with Crippen molar-refractivity contribution < 1.29 is 44.6 Å². The summed E-state index contributed by atoms with van der Waals surface area (Å²) >= 11 is 11.7. The number of pyridine rings is 1. The first kappa shape index (κ1) is 24.8. The van der Waals surface area contributed by atoms with Gasteiger partial charge in [0, 0.05) is 12.1 Å². The summed E-state index contributed by atoms with van der Waals surface area (Å²) in [7, 11) is -4.45. The molecule has 2 aromatic rings. The summed E-state index contributed by atoms with van der Waals surface area (Å²) in [4.78, 5) is 15.2. The van der Waals surface area contributed by atoms with Gasteiger partial charge in [0.15, 0.2) is 6.61 Å². The van der Waals surface area contributed by atoms with Crippen molar-refractivity contribution in [1.82, 2.24) is 9.71 Å². The molecule has 31 heavy (non-hydrogen) atoms. The molecule has 0 atom stereocenters. The number of nitrogens with zero attached hydrogens (tertiary/aromatic N) is 1. The molecule has 0 saturated heterocycles. The van der Waals surface area contributed by atoms with Crippen molar-refractivity contribution in [2.45, 2.75) is 12.3 Å². The number of ether oxygens (including phenoxy) is 2. The molecular weight excluding hydrogens is 500 g/mol. The molecule has 3 N–H and O–H groups in total. The van der Waals surface area contributed by atoms with E-state index in [1.165, 1.54) is 4.72 Å². The van der Waals surface area contributed by atoms with Crippen molar-refractivity contribution in [3.63, 3.8) is 0 Å². The van der Waals surface area contributed by atoms with Crippen LogP contribution in [0.15, 0.2) is 24.4 Å². The van der Waals surface area contributed by atoms with E-state index >= 15 is 0 Å². The largest absolute Gasteiger partial charge is 0.470 e. The molecular formula is C15H10Cl2F5N3O5S. The molecule has 0 aliphatic rings. The Morgan fingerprint density at radius 3 is 2.42 bits per heavy atom. The van der Waals surface area contributed by atoms with E-state index in [0.717, 1.165) is 18.3 Å². The lowest BCUT2D eigenvalue weighted by Gasteiger charge is -2.16. The minimum atomic E-state index is -4.45. The molecule has 1 aromatic heterocycles. The molecule has 0 unspecified atom stereocenters. The van der Waals surface area contributed by atoms with Gasteiger partial charge in [-0.3, -0.25) is 4.79 Å². The van der Waals surface area contributed by atoms with Gasteiger partial charge in [0.05, 0.1) is 16.8 Å². The average Bonchev–Trinajstić information content (AvgIpc) is 2.62. The fourth-order valence-electron chi connectivity index (χ4n) is 1.89. The van der Waals surface area contributed by atoms with Crippen LogP contribution >= 0.6 is 23.2 Å². The number of carbonyl (C=O) groups excluding carboxylic acids is 1. The third-order valence-corrected chi connectivity index (χ3v) is 4.27. The van der Waals surface area contributed by atoms with Crippen molar-refractivity contribution in [2.24, 2.45) is 5.14 Å². The lowest BCUT2D eigenvalue weighted by molar-refractivity contribution is -0.148. The molecule has 0 spiro atoms. The molecule has 0 fully saturated rings. The Bertz CT molecular complexity index is 1100. The van der Waals surface area contributed by atoms with E-state index in [2.05, 4.69) is 14.9 Å². The van der Waals surface area contributed by atoms with E-state index < -0.39 is 57.4 Å². The number of hydrogen-bond donors (Lipinski definition) is 2. The predicted molar refractivity (Wildman–Crippen MR) is 97.8 cm³/mol. The number of alkyl halides is 4. The maximum Gasteiger partial charge on any atom is 0.340 e. The van der Waals surface area contributed by atoms with E-state index in [4.69, 9.17) is 27.9 Å². The molecule has 1 heterocycles. The highest BCUT2D eigenvalue weighted by atomic mass is 35.5. The molecule has 16 heteroatoms. The van der Waals surface area contributed by atoms with Crippen molar-refractivity contribution in [3.8, 4) is 17.4 Å². The fraction of sp³-hybridized carbons (Fsp3) is 0.200. The van der Waals surface area contributed by atoms with E-state index in [9.17, 15) is 35.2 Å². The number of benzene rings is 1. The van der Waals surface area contributed by atoms with Crippen LogP contribution in [0.4, 0.5) is 22.0 Å². The number of nitrogens with one attached hydrogen (secondary N) is 1. The normalized spacial score (nSPS) is 12.0. The van der Waals surface area contributed by atoms with E-state index in [0.29, 0.717) is 6.07 Å². The highest BCUT2D eigenvalue weighted by Gasteiger charge is 2.42. The Balaban J connectivity index is 2.18. The monoisotopic (exact) mass is 509 g/mol. The lowest BCUT2D eigenvalue weighted by Crippen LogP contribution is -2.36. The van der Waals surface area contributed by atoms with E-state index in [-0.39, 0.29) is 16.5 Å². The van der Waals surface area contributed by atoms with Crippen LogP contribution in [0.2, 0.25) is 10.0 Å². The standard InChI is InChI=1S/C15H10Cl2F5N3O5S/c16-8-2-7(12(26)25-31(23,27)28)10(18)3-11(8)30-6-1-9(17)13(24-4-6)29-5-15(21,22)14(19)20/h1-4,14H,5H2,(H,25,26)(H2,23,27,28). The van der Waals surface area contributed by atoms with Crippen molar-refractivity contribution in [2.75, 3.05) is 6.61 Å². The number of halogens is 7. The summed E-state index contributed by atoms with van der Waals surface area (Å²) in [6, 6.07) is 2.38. The van der Waals surface area contributed by atoms with Gasteiger partial charge < -0.3 is 9.47 Å². The highest BCUT2D eigenvalue weighted by molar-refractivity contribution is 7.87. The molecule has 1 amide bonds. The molecule has 0 aliphatic heterocycles. The molecule has 1 aromatic carbocycles. The summed E-state index contributed by atoms with van der Waals surface area (Å²) in [5.74, 6) is -8.19. The second-order valence-electron chi connectivity index (χ2n) is 5.65. The minimum absolute atomic E-state index is 0.194. The summed E-state index contributed by atoms with van der Waals surface area (Å²) in [5.41, 5.74) is -0.758. The van der Waals surface area contributed by atoms with Crippen LogP contribution in [-0.2, 0) is 10.2 Å². The summed E-state index contributed by atoms with van der Waals surface area (Å²) in [6.45, 7) is -1.68. The van der Waals surface area contributed by atoms with Gasteiger partial charge in [-0.05, 0) is 6.07 Å². The van der Waals surface area contributed by atoms with Crippen LogP contribution in [0.3, 0.4) is 0 Å². The smallest absolute Gasteiger partial charge is 0.340 e. The van der Waals surface area contributed by atoms with Crippen LogP contribution in [0.5, 0.6) is 17.4 Å². The zero-order valence-electron chi connectivity index (χ0n) is 14.7. The Kier molecular flexibility index (Phi) is 7.52. The number of rotatable bonds is 8. The second-order valence-corrected chi connectivity index (χ2v) is 7.76. The first-order chi connectivity index (χ1) is 14.2. The summed E-state index contributed by atoms with van der Waals surface area (Å²) in [5, 5.41) is 3.89. The second kappa shape index (κ2) is 9.38. The topological polar surface area (TPSA) is 121 Å². The predicted octanol–water partition coefficient (Wildman–Crippen LogP) is 3.53. The minimum Gasteiger partial charge on any atom is -0.470 e. The summed E-state index contributed by atoms with van der Waals surface area (Å²) in [6.07, 6.45) is -3.07. The molecule has 0 bridgehead atoms. The van der Waals surface area contributed by atoms with Gasteiger partial charge in [-0.1, -0.05) is 23.2 Å². The van der Waals surface area contributed by atoms with Crippen LogP contribution in [0, 0.1) is 5.82 Å². The van der Waals surface area contributed by atoms with Crippen molar-refractivity contribution in [1.29, 1.82) is 0 Å². The van der Waals surface area contributed by atoms with Crippen LogP contribution in [0.1, 0.15) is 10.4 Å². The fourth-order valence-corrected chi connectivity index (χ4v) is 2.67. The third-order valence-electron chi connectivity index (χ3n) is 3.23. The first-order valence-electron chi connectivity index (χ1n) is 7.65. The average molecular weight is 510 g/mol. The molecule has 0 radical (unpaired) electrons.